The summed E-state index contributed by atoms with van der Waals surface area (Å²) >= 11 is 3.34. The standard InChI is InChI=1S/C16H11BrN2O3/c1-9-18-14-6-5-11(17)8-13(14)15(20)19(9)12-4-2-3-10(7-12)16(21)22/h2-8H,1H3,(H,21,22). The lowest BCUT2D eigenvalue weighted by Crippen LogP contribution is -2.22. The summed E-state index contributed by atoms with van der Waals surface area (Å²) in [6, 6.07) is 11.5. The van der Waals surface area contributed by atoms with E-state index < -0.39 is 5.97 Å². The molecule has 3 aromatic rings. The van der Waals surface area contributed by atoms with Crippen LogP contribution in [0.25, 0.3) is 16.6 Å². The van der Waals surface area contributed by atoms with Crippen molar-refractivity contribution in [2.45, 2.75) is 6.92 Å². The van der Waals surface area contributed by atoms with Crippen LogP contribution in [0.1, 0.15) is 16.2 Å². The van der Waals surface area contributed by atoms with Gasteiger partial charge < -0.3 is 5.11 Å². The predicted octanol–water partition coefficient (Wildman–Crippen LogP) is 3.15. The highest BCUT2D eigenvalue weighted by Gasteiger charge is 2.12. The van der Waals surface area contributed by atoms with E-state index in [2.05, 4.69) is 20.9 Å². The van der Waals surface area contributed by atoms with Crippen molar-refractivity contribution in [3.8, 4) is 5.69 Å². The van der Waals surface area contributed by atoms with Crippen LogP contribution in [-0.4, -0.2) is 20.6 Å². The molecule has 110 valence electrons. The van der Waals surface area contributed by atoms with E-state index in [1.807, 2.05) is 6.07 Å². The number of hydrogen-bond donors (Lipinski definition) is 1. The molecule has 0 bridgehead atoms. The van der Waals surface area contributed by atoms with Gasteiger partial charge >= 0.3 is 5.97 Å². The van der Waals surface area contributed by atoms with E-state index in [-0.39, 0.29) is 11.1 Å². The molecule has 22 heavy (non-hydrogen) atoms. The molecular formula is C16H11BrN2O3. The molecule has 3 rings (SSSR count). The number of carboxylic acid groups (broad SMARTS) is 1. The molecule has 0 fully saturated rings. The summed E-state index contributed by atoms with van der Waals surface area (Å²) in [6.07, 6.45) is 0. The predicted molar refractivity (Wildman–Crippen MR) is 86.7 cm³/mol. The molecule has 0 aliphatic heterocycles. The van der Waals surface area contributed by atoms with Crippen LogP contribution in [0.4, 0.5) is 0 Å². The number of aromatic carboxylic acids is 1. The number of fused-ring (bicyclic) bond motifs is 1. The summed E-state index contributed by atoms with van der Waals surface area (Å²) < 4.78 is 2.20. The van der Waals surface area contributed by atoms with Crippen molar-refractivity contribution in [2.24, 2.45) is 0 Å². The number of nitrogens with zero attached hydrogens (tertiary/aromatic N) is 2. The quantitative estimate of drug-likeness (QED) is 0.763. The molecule has 0 spiro atoms. The molecule has 6 heteroatoms. The number of carboxylic acids is 1. The molecule has 0 amide bonds. The third-order valence-corrected chi connectivity index (χ3v) is 3.84. The SMILES string of the molecule is Cc1nc2ccc(Br)cc2c(=O)n1-c1cccc(C(=O)O)c1. The molecule has 0 saturated carbocycles. The maximum Gasteiger partial charge on any atom is 0.335 e. The van der Waals surface area contributed by atoms with Crippen molar-refractivity contribution in [3.05, 3.63) is 68.7 Å². The Morgan fingerprint density at radius 1 is 1.23 bits per heavy atom. The molecular weight excluding hydrogens is 348 g/mol. The van der Waals surface area contributed by atoms with E-state index in [1.165, 1.54) is 16.7 Å². The smallest absolute Gasteiger partial charge is 0.335 e. The lowest BCUT2D eigenvalue weighted by molar-refractivity contribution is 0.0697. The topological polar surface area (TPSA) is 72.2 Å². The Balaban J connectivity index is 2.33. The fourth-order valence-electron chi connectivity index (χ4n) is 2.35. The number of halogens is 1. The van der Waals surface area contributed by atoms with E-state index in [0.717, 1.165) is 4.47 Å². The molecule has 1 heterocycles. The monoisotopic (exact) mass is 358 g/mol. The Morgan fingerprint density at radius 2 is 2.00 bits per heavy atom. The Morgan fingerprint density at radius 3 is 2.73 bits per heavy atom. The Bertz CT molecular complexity index is 963. The first-order chi connectivity index (χ1) is 10.5. The van der Waals surface area contributed by atoms with Gasteiger partial charge in [0.15, 0.2) is 0 Å². The third kappa shape index (κ3) is 2.42. The van der Waals surface area contributed by atoms with Crippen LogP contribution in [0.15, 0.2) is 51.7 Å². The summed E-state index contributed by atoms with van der Waals surface area (Å²) in [7, 11) is 0. The Hall–Kier alpha value is -2.47. The normalized spacial score (nSPS) is 10.8. The first-order valence-electron chi connectivity index (χ1n) is 6.50. The minimum absolute atomic E-state index is 0.123. The average molecular weight is 359 g/mol. The van der Waals surface area contributed by atoms with E-state index in [4.69, 9.17) is 5.11 Å². The van der Waals surface area contributed by atoms with Crippen LogP contribution < -0.4 is 5.56 Å². The summed E-state index contributed by atoms with van der Waals surface area (Å²) in [4.78, 5) is 28.3. The van der Waals surface area contributed by atoms with E-state index in [1.54, 1.807) is 31.2 Å². The second-order valence-electron chi connectivity index (χ2n) is 4.82. The number of carbonyl (C=O) groups is 1. The molecule has 0 aliphatic rings. The molecule has 2 aromatic carbocycles. The molecule has 0 saturated heterocycles. The van der Waals surface area contributed by atoms with Crippen molar-refractivity contribution in [2.75, 3.05) is 0 Å². The van der Waals surface area contributed by atoms with E-state index in [9.17, 15) is 9.59 Å². The number of hydrogen-bond acceptors (Lipinski definition) is 3. The largest absolute Gasteiger partial charge is 0.478 e. The van der Waals surface area contributed by atoms with Gasteiger partial charge in [-0.2, -0.15) is 0 Å². The zero-order valence-corrected chi connectivity index (χ0v) is 13.2. The van der Waals surface area contributed by atoms with Gasteiger partial charge in [0.2, 0.25) is 0 Å². The third-order valence-electron chi connectivity index (χ3n) is 3.35. The zero-order chi connectivity index (χ0) is 15.9. The lowest BCUT2D eigenvalue weighted by Gasteiger charge is -2.11. The van der Waals surface area contributed by atoms with Gasteiger partial charge in [0.25, 0.3) is 5.56 Å². The molecule has 0 unspecified atom stereocenters. The van der Waals surface area contributed by atoms with Crippen molar-refractivity contribution < 1.29 is 9.90 Å². The van der Waals surface area contributed by atoms with Crippen LogP contribution in [-0.2, 0) is 0 Å². The number of aryl methyl sites for hydroxylation is 1. The van der Waals surface area contributed by atoms with Gasteiger partial charge in [-0.25, -0.2) is 9.78 Å². The van der Waals surface area contributed by atoms with Gasteiger partial charge in [-0.3, -0.25) is 9.36 Å². The highest BCUT2D eigenvalue weighted by atomic mass is 79.9. The Labute approximate surface area is 134 Å². The fourth-order valence-corrected chi connectivity index (χ4v) is 2.71. The molecule has 5 nitrogen and oxygen atoms in total. The van der Waals surface area contributed by atoms with E-state index >= 15 is 0 Å². The highest BCUT2D eigenvalue weighted by Crippen LogP contribution is 2.18. The second kappa shape index (κ2) is 5.38. The van der Waals surface area contributed by atoms with Crippen molar-refractivity contribution in [3.63, 3.8) is 0 Å². The first-order valence-corrected chi connectivity index (χ1v) is 7.29. The summed E-state index contributed by atoms with van der Waals surface area (Å²) in [5.74, 6) is -0.536. The molecule has 1 N–H and O–H groups in total. The Kier molecular flexibility index (Phi) is 3.54. The van der Waals surface area contributed by atoms with Crippen molar-refractivity contribution >= 4 is 32.8 Å². The summed E-state index contributed by atoms with van der Waals surface area (Å²) in [5, 5.41) is 9.57. The maximum absolute atomic E-state index is 12.7. The number of rotatable bonds is 2. The van der Waals surface area contributed by atoms with E-state index in [0.29, 0.717) is 22.4 Å². The zero-order valence-electron chi connectivity index (χ0n) is 11.6. The van der Waals surface area contributed by atoms with Gasteiger partial charge in [0, 0.05) is 4.47 Å². The van der Waals surface area contributed by atoms with Crippen LogP contribution in [0, 0.1) is 6.92 Å². The lowest BCUT2D eigenvalue weighted by atomic mass is 10.2. The number of benzene rings is 2. The fraction of sp³-hybridized carbons (Fsp3) is 0.0625. The minimum Gasteiger partial charge on any atom is -0.478 e. The first kappa shape index (κ1) is 14.5. The summed E-state index contributed by atoms with van der Waals surface area (Å²) in [5.41, 5.74) is 0.984. The van der Waals surface area contributed by atoms with Crippen molar-refractivity contribution in [1.82, 2.24) is 9.55 Å². The number of aromatic nitrogens is 2. The average Bonchev–Trinajstić information content (AvgIpc) is 2.48. The molecule has 0 atom stereocenters. The van der Waals surface area contributed by atoms with Crippen LogP contribution in [0.2, 0.25) is 0 Å². The second-order valence-corrected chi connectivity index (χ2v) is 5.73. The van der Waals surface area contributed by atoms with Crippen LogP contribution in [0.3, 0.4) is 0 Å². The van der Waals surface area contributed by atoms with Crippen LogP contribution in [0.5, 0.6) is 0 Å². The minimum atomic E-state index is -1.04. The maximum atomic E-state index is 12.7. The summed E-state index contributed by atoms with van der Waals surface area (Å²) in [6.45, 7) is 1.72. The van der Waals surface area contributed by atoms with Crippen LogP contribution >= 0.6 is 15.9 Å². The van der Waals surface area contributed by atoms with Crippen molar-refractivity contribution in [1.29, 1.82) is 0 Å². The van der Waals surface area contributed by atoms with Gasteiger partial charge in [0.1, 0.15) is 5.82 Å². The van der Waals surface area contributed by atoms with Gasteiger partial charge in [-0.15, -0.1) is 0 Å². The molecule has 1 aromatic heterocycles. The molecule has 0 aliphatic carbocycles. The highest BCUT2D eigenvalue weighted by molar-refractivity contribution is 9.10. The van der Waals surface area contributed by atoms with Gasteiger partial charge in [-0.1, -0.05) is 22.0 Å². The molecule has 0 radical (unpaired) electrons. The van der Waals surface area contributed by atoms with Gasteiger partial charge in [-0.05, 0) is 43.3 Å². The van der Waals surface area contributed by atoms with Gasteiger partial charge in [0.05, 0.1) is 22.2 Å².